The summed E-state index contributed by atoms with van der Waals surface area (Å²) in [6, 6.07) is 0.341. The molecule has 0 radical (unpaired) electrons. The Kier molecular flexibility index (Phi) is 6.52. The van der Waals surface area contributed by atoms with Gasteiger partial charge in [0.15, 0.2) is 0 Å². The van der Waals surface area contributed by atoms with Crippen molar-refractivity contribution in [3.63, 3.8) is 0 Å². The zero-order valence-corrected chi connectivity index (χ0v) is 10.2. The van der Waals surface area contributed by atoms with Crippen LogP contribution < -0.4 is 5.32 Å². The highest BCUT2D eigenvalue weighted by atomic mass is 16.5. The summed E-state index contributed by atoms with van der Waals surface area (Å²) >= 11 is 0. The minimum atomic E-state index is -0.735. The van der Waals surface area contributed by atoms with Crippen LogP contribution in [0.3, 0.4) is 0 Å². The van der Waals surface area contributed by atoms with E-state index in [1.165, 1.54) is 0 Å². The Morgan fingerprint density at radius 1 is 1.53 bits per heavy atom. The van der Waals surface area contributed by atoms with Crippen LogP contribution in [0.2, 0.25) is 0 Å². The van der Waals surface area contributed by atoms with Gasteiger partial charge in [0.05, 0.1) is 5.60 Å². The molecule has 4 nitrogen and oxygen atoms in total. The fourth-order valence-corrected chi connectivity index (χ4v) is 1.48. The molecule has 0 aromatic heterocycles. The molecule has 0 saturated heterocycles. The van der Waals surface area contributed by atoms with Gasteiger partial charge in [-0.15, -0.1) is 0 Å². The molecule has 1 atom stereocenters. The van der Waals surface area contributed by atoms with E-state index in [4.69, 9.17) is 9.84 Å². The monoisotopic (exact) mass is 217 g/mol. The van der Waals surface area contributed by atoms with E-state index < -0.39 is 5.97 Å². The van der Waals surface area contributed by atoms with E-state index in [9.17, 15) is 4.79 Å². The number of rotatable bonds is 8. The summed E-state index contributed by atoms with van der Waals surface area (Å²) < 4.78 is 5.32. The van der Waals surface area contributed by atoms with Gasteiger partial charge in [0.25, 0.3) is 0 Å². The molecule has 0 saturated carbocycles. The second-order valence-electron chi connectivity index (χ2n) is 4.52. The number of carboxylic acid groups (broad SMARTS) is 1. The Morgan fingerprint density at radius 2 is 2.13 bits per heavy atom. The molecule has 1 unspecified atom stereocenters. The third-order valence-corrected chi connectivity index (χ3v) is 2.41. The largest absolute Gasteiger partial charge is 0.481 e. The summed E-state index contributed by atoms with van der Waals surface area (Å²) in [5.41, 5.74) is -0.126. The number of ether oxygens (including phenoxy) is 1. The number of carboxylic acids is 1. The molecular weight excluding hydrogens is 194 g/mol. The molecule has 0 fully saturated rings. The molecule has 0 aromatic carbocycles. The second kappa shape index (κ2) is 6.80. The maximum atomic E-state index is 10.3. The summed E-state index contributed by atoms with van der Waals surface area (Å²) in [6.45, 7) is 6.92. The number of aliphatic carboxylic acids is 1. The first-order valence-electron chi connectivity index (χ1n) is 5.38. The van der Waals surface area contributed by atoms with Gasteiger partial charge >= 0.3 is 5.97 Å². The zero-order valence-electron chi connectivity index (χ0n) is 10.2. The first-order valence-corrected chi connectivity index (χ1v) is 5.38. The van der Waals surface area contributed by atoms with Crippen molar-refractivity contribution < 1.29 is 14.6 Å². The summed E-state index contributed by atoms with van der Waals surface area (Å²) in [5, 5.41) is 11.7. The first kappa shape index (κ1) is 14.4. The van der Waals surface area contributed by atoms with Crippen LogP contribution >= 0.6 is 0 Å². The molecule has 0 amide bonds. The molecule has 4 heteroatoms. The lowest BCUT2D eigenvalue weighted by Gasteiger charge is -2.27. The van der Waals surface area contributed by atoms with Crippen LogP contribution in [0, 0.1) is 0 Å². The third-order valence-electron chi connectivity index (χ3n) is 2.41. The smallest absolute Gasteiger partial charge is 0.303 e. The van der Waals surface area contributed by atoms with Gasteiger partial charge in [0, 0.05) is 19.6 Å². The fourth-order valence-electron chi connectivity index (χ4n) is 1.48. The number of methoxy groups -OCH3 is 1. The second-order valence-corrected chi connectivity index (χ2v) is 4.52. The van der Waals surface area contributed by atoms with Crippen molar-refractivity contribution in [3.8, 4) is 0 Å². The summed E-state index contributed by atoms with van der Waals surface area (Å²) in [6.07, 6.45) is 1.82. The molecule has 15 heavy (non-hydrogen) atoms. The van der Waals surface area contributed by atoms with E-state index >= 15 is 0 Å². The van der Waals surface area contributed by atoms with E-state index in [-0.39, 0.29) is 12.0 Å². The number of carbonyl (C=O) groups is 1. The van der Waals surface area contributed by atoms with Gasteiger partial charge in [0.2, 0.25) is 0 Å². The van der Waals surface area contributed by atoms with Gasteiger partial charge < -0.3 is 15.2 Å². The van der Waals surface area contributed by atoms with Gasteiger partial charge in [-0.2, -0.15) is 0 Å². The maximum absolute atomic E-state index is 10.3. The molecule has 0 aliphatic rings. The van der Waals surface area contributed by atoms with Crippen molar-refractivity contribution in [1.29, 1.82) is 0 Å². The van der Waals surface area contributed by atoms with Gasteiger partial charge in [-0.1, -0.05) is 0 Å². The van der Waals surface area contributed by atoms with Gasteiger partial charge in [-0.3, -0.25) is 4.79 Å². The number of hydrogen-bond acceptors (Lipinski definition) is 3. The molecule has 0 bridgehead atoms. The molecule has 0 aromatic rings. The highest BCUT2D eigenvalue weighted by Crippen LogP contribution is 2.15. The van der Waals surface area contributed by atoms with Crippen LogP contribution in [0.1, 0.15) is 40.0 Å². The fraction of sp³-hybridized carbons (Fsp3) is 0.909. The maximum Gasteiger partial charge on any atom is 0.303 e. The van der Waals surface area contributed by atoms with E-state index in [1.807, 2.05) is 13.8 Å². The normalized spacial score (nSPS) is 13.9. The van der Waals surface area contributed by atoms with E-state index in [0.717, 1.165) is 13.0 Å². The topological polar surface area (TPSA) is 58.6 Å². The van der Waals surface area contributed by atoms with Crippen molar-refractivity contribution in [3.05, 3.63) is 0 Å². The molecular formula is C11H23NO3. The van der Waals surface area contributed by atoms with Crippen molar-refractivity contribution in [2.45, 2.75) is 51.7 Å². The predicted molar refractivity (Wildman–Crippen MR) is 60.0 cm³/mol. The van der Waals surface area contributed by atoms with E-state index in [0.29, 0.717) is 12.5 Å². The van der Waals surface area contributed by atoms with E-state index in [2.05, 4.69) is 12.2 Å². The molecule has 90 valence electrons. The van der Waals surface area contributed by atoms with Crippen LogP contribution in [0.5, 0.6) is 0 Å². The van der Waals surface area contributed by atoms with Crippen molar-refractivity contribution in [1.82, 2.24) is 5.32 Å². The van der Waals surface area contributed by atoms with Crippen LogP contribution in [-0.2, 0) is 9.53 Å². The number of nitrogens with one attached hydrogen (secondary N) is 1. The number of hydrogen-bond donors (Lipinski definition) is 2. The Hall–Kier alpha value is -0.610. The summed E-state index contributed by atoms with van der Waals surface area (Å²) in [7, 11) is 1.71. The Balaban J connectivity index is 3.57. The average Bonchev–Trinajstić information content (AvgIpc) is 2.11. The van der Waals surface area contributed by atoms with Crippen LogP contribution in [0.15, 0.2) is 0 Å². The Morgan fingerprint density at radius 3 is 2.60 bits per heavy atom. The standard InChI is InChI=1S/C11H23NO3/c1-9(8-11(2,3)15-4)12-7-5-6-10(13)14/h9,12H,5-8H2,1-4H3,(H,13,14). The predicted octanol–water partition coefficient (Wildman–Crippen LogP) is 1.64. The van der Waals surface area contributed by atoms with Gasteiger partial charge in [0.1, 0.15) is 0 Å². The lowest BCUT2D eigenvalue weighted by Crippen LogP contribution is -2.36. The zero-order chi connectivity index (χ0) is 11.9. The molecule has 0 rings (SSSR count). The van der Waals surface area contributed by atoms with Gasteiger partial charge in [-0.05, 0) is 40.2 Å². The molecule has 0 spiro atoms. The lowest BCUT2D eigenvalue weighted by molar-refractivity contribution is -0.137. The molecule has 2 N–H and O–H groups in total. The van der Waals surface area contributed by atoms with Gasteiger partial charge in [-0.25, -0.2) is 0 Å². The molecule has 0 heterocycles. The highest BCUT2D eigenvalue weighted by molar-refractivity contribution is 5.66. The van der Waals surface area contributed by atoms with Crippen molar-refractivity contribution >= 4 is 5.97 Å². The summed E-state index contributed by atoms with van der Waals surface area (Å²) in [5.74, 6) is -0.735. The first-order chi connectivity index (χ1) is 6.87. The SMILES string of the molecule is COC(C)(C)CC(C)NCCCC(=O)O. The van der Waals surface area contributed by atoms with Crippen LogP contribution in [0.25, 0.3) is 0 Å². The minimum Gasteiger partial charge on any atom is -0.481 e. The lowest BCUT2D eigenvalue weighted by atomic mass is 10.00. The van der Waals surface area contributed by atoms with Crippen molar-refractivity contribution in [2.75, 3.05) is 13.7 Å². The van der Waals surface area contributed by atoms with E-state index in [1.54, 1.807) is 7.11 Å². The minimum absolute atomic E-state index is 0.126. The van der Waals surface area contributed by atoms with Crippen LogP contribution in [-0.4, -0.2) is 36.4 Å². The quantitative estimate of drug-likeness (QED) is 0.607. The Labute approximate surface area is 92.0 Å². The van der Waals surface area contributed by atoms with Crippen molar-refractivity contribution in [2.24, 2.45) is 0 Å². The molecule has 0 aliphatic carbocycles. The highest BCUT2D eigenvalue weighted by Gasteiger charge is 2.19. The Bertz CT molecular complexity index is 192. The van der Waals surface area contributed by atoms with Crippen LogP contribution in [0.4, 0.5) is 0 Å². The summed E-state index contributed by atoms with van der Waals surface area (Å²) in [4.78, 5) is 10.3. The average molecular weight is 217 g/mol. The molecule has 0 aliphatic heterocycles. The third kappa shape index (κ3) is 8.39.